The maximum absolute atomic E-state index is 12.2. The summed E-state index contributed by atoms with van der Waals surface area (Å²) < 4.78 is 0. The van der Waals surface area contributed by atoms with Crippen LogP contribution in [-0.4, -0.2) is 19.0 Å². The van der Waals surface area contributed by atoms with E-state index in [9.17, 15) is 4.79 Å². The predicted molar refractivity (Wildman–Crippen MR) is 91.4 cm³/mol. The smallest absolute Gasteiger partial charge is 0.224 e. The minimum absolute atomic E-state index is 0. The van der Waals surface area contributed by atoms with Crippen LogP contribution in [0.25, 0.3) is 0 Å². The van der Waals surface area contributed by atoms with E-state index in [2.05, 4.69) is 17.6 Å². The van der Waals surface area contributed by atoms with Crippen molar-refractivity contribution in [3.63, 3.8) is 0 Å². The van der Waals surface area contributed by atoms with Gasteiger partial charge in [-0.3, -0.25) is 4.79 Å². The van der Waals surface area contributed by atoms with Gasteiger partial charge in [0.15, 0.2) is 0 Å². The topological polar surface area (TPSA) is 41.1 Å². The van der Waals surface area contributed by atoms with Crippen LogP contribution < -0.4 is 10.6 Å². The first kappa shape index (κ1) is 18.3. The highest BCUT2D eigenvalue weighted by atomic mass is 35.5. The van der Waals surface area contributed by atoms with Crippen molar-refractivity contribution >= 4 is 35.6 Å². The first-order valence-corrected chi connectivity index (χ1v) is 7.71. The first-order chi connectivity index (χ1) is 9.56. The van der Waals surface area contributed by atoms with E-state index in [0.29, 0.717) is 23.3 Å². The Kier molecular flexibility index (Phi) is 7.50. The SMILES string of the molecule is Cc1ccc(Cl)cc1NC(=O)CC(C)C1CCNCC1.Cl. The van der Waals surface area contributed by atoms with Crippen LogP contribution >= 0.6 is 24.0 Å². The summed E-state index contributed by atoms with van der Waals surface area (Å²) in [4.78, 5) is 12.2. The van der Waals surface area contributed by atoms with Crippen LogP contribution in [-0.2, 0) is 4.79 Å². The van der Waals surface area contributed by atoms with Crippen LogP contribution in [0, 0.1) is 18.8 Å². The van der Waals surface area contributed by atoms with Crippen molar-refractivity contribution in [1.82, 2.24) is 5.32 Å². The molecule has 0 bridgehead atoms. The van der Waals surface area contributed by atoms with Crippen molar-refractivity contribution in [2.24, 2.45) is 11.8 Å². The summed E-state index contributed by atoms with van der Waals surface area (Å²) in [5.41, 5.74) is 1.86. The van der Waals surface area contributed by atoms with Crippen LogP contribution in [0.5, 0.6) is 0 Å². The number of aryl methyl sites for hydroxylation is 1. The summed E-state index contributed by atoms with van der Waals surface area (Å²) in [6.45, 7) is 6.30. The van der Waals surface area contributed by atoms with Crippen molar-refractivity contribution < 1.29 is 4.79 Å². The molecule has 0 saturated carbocycles. The molecule has 1 heterocycles. The number of piperidine rings is 1. The molecule has 21 heavy (non-hydrogen) atoms. The number of carbonyl (C=O) groups excluding carboxylic acids is 1. The number of nitrogens with one attached hydrogen (secondary N) is 2. The van der Waals surface area contributed by atoms with Gasteiger partial charge in [-0.25, -0.2) is 0 Å². The van der Waals surface area contributed by atoms with E-state index in [-0.39, 0.29) is 18.3 Å². The number of benzene rings is 1. The zero-order valence-electron chi connectivity index (χ0n) is 12.6. The molecule has 1 unspecified atom stereocenters. The molecule has 0 spiro atoms. The number of halogens is 2. The highest BCUT2D eigenvalue weighted by Gasteiger charge is 2.22. The zero-order valence-corrected chi connectivity index (χ0v) is 14.2. The van der Waals surface area contributed by atoms with Gasteiger partial charge in [0.25, 0.3) is 0 Å². The fourth-order valence-electron chi connectivity index (χ4n) is 2.80. The second-order valence-corrected chi connectivity index (χ2v) is 6.21. The van der Waals surface area contributed by atoms with E-state index >= 15 is 0 Å². The summed E-state index contributed by atoms with van der Waals surface area (Å²) in [5.74, 6) is 1.17. The summed E-state index contributed by atoms with van der Waals surface area (Å²) in [6.07, 6.45) is 2.92. The van der Waals surface area contributed by atoms with Gasteiger partial charge in [0, 0.05) is 17.1 Å². The fraction of sp³-hybridized carbons (Fsp3) is 0.562. The number of hydrogen-bond donors (Lipinski definition) is 2. The van der Waals surface area contributed by atoms with Gasteiger partial charge in [0.1, 0.15) is 0 Å². The standard InChI is InChI=1S/C16H23ClN2O.ClH/c1-11-3-4-14(17)10-15(11)19-16(20)9-12(2)13-5-7-18-8-6-13;/h3-4,10,12-13,18H,5-9H2,1-2H3,(H,19,20);1H. The average Bonchev–Trinajstić information content (AvgIpc) is 2.43. The van der Waals surface area contributed by atoms with Gasteiger partial charge < -0.3 is 10.6 Å². The maximum Gasteiger partial charge on any atom is 0.224 e. The molecule has 2 rings (SSSR count). The summed E-state index contributed by atoms with van der Waals surface area (Å²) in [5, 5.41) is 6.99. The molecule has 3 nitrogen and oxygen atoms in total. The molecule has 1 atom stereocenters. The fourth-order valence-corrected chi connectivity index (χ4v) is 2.97. The van der Waals surface area contributed by atoms with E-state index < -0.39 is 0 Å². The molecule has 5 heteroatoms. The number of rotatable bonds is 4. The molecular formula is C16H24Cl2N2O. The van der Waals surface area contributed by atoms with Gasteiger partial charge in [-0.05, 0) is 62.4 Å². The van der Waals surface area contributed by atoms with Crippen molar-refractivity contribution in [1.29, 1.82) is 0 Å². The van der Waals surface area contributed by atoms with Crippen LogP contribution in [0.3, 0.4) is 0 Å². The Morgan fingerprint density at radius 1 is 1.43 bits per heavy atom. The largest absolute Gasteiger partial charge is 0.326 e. The Labute approximate surface area is 138 Å². The average molecular weight is 331 g/mol. The molecule has 1 aliphatic rings. The van der Waals surface area contributed by atoms with Gasteiger partial charge in [-0.2, -0.15) is 0 Å². The Balaban J connectivity index is 0.00000220. The number of hydrogen-bond acceptors (Lipinski definition) is 2. The van der Waals surface area contributed by atoms with Gasteiger partial charge in [0.05, 0.1) is 0 Å². The lowest BCUT2D eigenvalue weighted by atomic mass is 9.84. The third-order valence-corrected chi connectivity index (χ3v) is 4.40. The second-order valence-electron chi connectivity index (χ2n) is 5.78. The normalized spacial score (nSPS) is 16.9. The van der Waals surface area contributed by atoms with Crippen molar-refractivity contribution in [3.8, 4) is 0 Å². The predicted octanol–water partition coefficient (Wildman–Crippen LogP) is 4.03. The first-order valence-electron chi connectivity index (χ1n) is 7.33. The zero-order chi connectivity index (χ0) is 14.5. The van der Waals surface area contributed by atoms with Crippen LogP contribution in [0.4, 0.5) is 5.69 Å². The molecule has 1 aliphatic heterocycles. The number of amides is 1. The highest BCUT2D eigenvalue weighted by Crippen LogP contribution is 2.25. The number of carbonyl (C=O) groups is 1. The van der Waals surface area contributed by atoms with Gasteiger partial charge in [0.2, 0.25) is 5.91 Å². The molecule has 0 aliphatic carbocycles. The third-order valence-electron chi connectivity index (χ3n) is 4.17. The lowest BCUT2D eigenvalue weighted by Crippen LogP contribution is -2.32. The van der Waals surface area contributed by atoms with Gasteiger partial charge in [-0.1, -0.05) is 24.6 Å². The molecule has 1 aromatic carbocycles. The van der Waals surface area contributed by atoms with E-state index in [1.807, 2.05) is 25.1 Å². The minimum atomic E-state index is 0. The third kappa shape index (κ3) is 5.50. The molecule has 1 amide bonds. The lowest BCUT2D eigenvalue weighted by molar-refractivity contribution is -0.117. The Hall–Kier alpha value is -0.770. The van der Waals surface area contributed by atoms with E-state index in [1.165, 1.54) is 12.8 Å². The maximum atomic E-state index is 12.2. The van der Waals surface area contributed by atoms with Crippen molar-refractivity contribution in [2.75, 3.05) is 18.4 Å². The molecule has 0 aromatic heterocycles. The minimum Gasteiger partial charge on any atom is -0.326 e. The molecule has 118 valence electrons. The van der Waals surface area contributed by atoms with Crippen molar-refractivity contribution in [3.05, 3.63) is 28.8 Å². The second kappa shape index (κ2) is 8.62. The highest BCUT2D eigenvalue weighted by molar-refractivity contribution is 6.31. The molecule has 1 fully saturated rings. The van der Waals surface area contributed by atoms with Crippen LogP contribution in [0.15, 0.2) is 18.2 Å². The molecule has 0 radical (unpaired) electrons. The Bertz CT molecular complexity index is 473. The van der Waals surface area contributed by atoms with E-state index in [1.54, 1.807) is 0 Å². The molecule has 1 saturated heterocycles. The Morgan fingerprint density at radius 3 is 2.76 bits per heavy atom. The molecule has 1 aromatic rings. The van der Waals surface area contributed by atoms with Crippen molar-refractivity contribution in [2.45, 2.75) is 33.1 Å². The van der Waals surface area contributed by atoms with Gasteiger partial charge in [-0.15, -0.1) is 12.4 Å². The summed E-state index contributed by atoms with van der Waals surface area (Å²) in [7, 11) is 0. The molecule has 2 N–H and O–H groups in total. The van der Waals surface area contributed by atoms with Crippen LogP contribution in [0.1, 0.15) is 31.7 Å². The quantitative estimate of drug-likeness (QED) is 0.874. The lowest BCUT2D eigenvalue weighted by Gasteiger charge is -2.28. The van der Waals surface area contributed by atoms with Crippen LogP contribution in [0.2, 0.25) is 5.02 Å². The van der Waals surface area contributed by atoms with E-state index in [4.69, 9.17) is 11.6 Å². The van der Waals surface area contributed by atoms with E-state index in [0.717, 1.165) is 24.3 Å². The molecular weight excluding hydrogens is 307 g/mol. The Morgan fingerprint density at radius 2 is 2.10 bits per heavy atom. The monoisotopic (exact) mass is 330 g/mol. The summed E-state index contributed by atoms with van der Waals surface area (Å²) in [6, 6.07) is 5.57. The summed E-state index contributed by atoms with van der Waals surface area (Å²) >= 11 is 5.97. The number of anilines is 1. The van der Waals surface area contributed by atoms with Gasteiger partial charge >= 0.3 is 0 Å².